The van der Waals surface area contributed by atoms with E-state index in [4.69, 9.17) is 0 Å². The average Bonchev–Trinajstić information content (AvgIpc) is 3.45. The van der Waals surface area contributed by atoms with Crippen LogP contribution in [-0.2, 0) is 6.54 Å². The molecule has 1 aliphatic heterocycles. The second-order valence-electron chi connectivity index (χ2n) is 7.24. The fourth-order valence-electron chi connectivity index (χ4n) is 3.54. The van der Waals surface area contributed by atoms with Crippen LogP contribution in [0, 0.1) is 5.82 Å². The molecule has 31 heavy (non-hydrogen) atoms. The van der Waals surface area contributed by atoms with Gasteiger partial charge in [0, 0.05) is 44.4 Å². The smallest absolute Gasteiger partial charge is 0.275 e. The first-order chi connectivity index (χ1) is 15.1. The summed E-state index contributed by atoms with van der Waals surface area (Å²) >= 11 is 2.75. The maximum atomic E-state index is 13.2. The molecule has 0 bridgehead atoms. The van der Waals surface area contributed by atoms with Gasteiger partial charge in [0.25, 0.3) is 11.5 Å². The highest BCUT2D eigenvalue weighted by atomic mass is 32.1. The first-order valence-corrected chi connectivity index (χ1v) is 11.5. The molecule has 0 atom stereocenters. The molecule has 7 nitrogen and oxygen atoms in total. The summed E-state index contributed by atoms with van der Waals surface area (Å²) in [5.74, 6) is -0.245. The maximum Gasteiger partial charge on any atom is 0.275 e. The summed E-state index contributed by atoms with van der Waals surface area (Å²) in [7, 11) is 0. The fraction of sp³-hybridized carbons (Fsp3) is 0.238. The lowest BCUT2D eigenvalue weighted by atomic mass is 10.2. The standard InChI is InChI=1S/C21H18FN5O2S2/c22-15-5-3-14(4-6-15)19-24-27-18(28)12-16(23-21(27)31-19)13-25-7-9-26(10-8-25)20(29)17-2-1-11-30-17/h1-6,11-12H,7-10,13H2. The van der Waals surface area contributed by atoms with Crippen molar-refractivity contribution in [2.45, 2.75) is 6.54 Å². The van der Waals surface area contributed by atoms with Crippen LogP contribution >= 0.6 is 22.7 Å². The van der Waals surface area contributed by atoms with E-state index in [1.165, 1.54) is 45.4 Å². The number of rotatable bonds is 4. The van der Waals surface area contributed by atoms with Crippen LogP contribution in [0.3, 0.4) is 0 Å². The van der Waals surface area contributed by atoms with Gasteiger partial charge in [-0.15, -0.1) is 11.3 Å². The Kier molecular flexibility index (Phi) is 5.34. The third-order valence-electron chi connectivity index (χ3n) is 5.17. The van der Waals surface area contributed by atoms with Crippen molar-refractivity contribution < 1.29 is 9.18 Å². The number of halogens is 1. The molecule has 5 rings (SSSR count). The lowest BCUT2D eigenvalue weighted by molar-refractivity contribution is 0.0632. The molecule has 0 saturated carbocycles. The number of benzene rings is 1. The average molecular weight is 456 g/mol. The number of amides is 1. The minimum Gasteiger partial charge on any atom is -0.335 e. The monoisotopic (exact) mass is 455 g/mol. The van der Waals surface area contributed by atoms with Gasteiger partial charge in [-0.3, -0.25) is 14.5 Å². The first-order valence-electron chi connectivity index (χ1n) is 9.78. The van der Waals surface area contributed by atoms with Crippen molar-refractivity contribution in [1.29, 1.82) is 0 Å². The number of aromatic nitrogens is 3. The minimum absolute atomic E-state index is 0.0745. The molecule has 1 aliphatic rings. The van der Waals surface area contributed by atoms with Crippen LogP contribution in [0.2, 0.25) is 0 Å². The lowest BCUT2D eigenvalue weighted by Crippen LogP contribution is -2.48. The molecule has 1 fully saturated rings. The van der Waals surface area contributed by atoms with E-state index >= 15 is 0 Å². The Hall–Kier alpha value is -2.95. The lowest BCUT2D eigenvalue weighted by Gasteiger charge is -2.34. The zero-order chi connectivity index (χ0) is 21.4. The van der Waals surface area contributed by atoms with Crippen molar-refractivity contribution >= 4 is 33.5 Å². The van der Waals surface area contributed by atoms with Crippen LogP contribution in [0.4, 0.5) is 4.39 Å². The molecule has 1 aromatic carbocycles. The Morgan fingerprint density at radius 2 is 1.87 bits per heavy atom. The number of carbonyl (C=O) groups excluding carboxylic acids is 1. The van der Waals surface area contributed by atoms with Crippen molar-refractivity contribution in [3.05, 3.63) is 74.6 Å². The summed E-state index contributed by atoms with van der Waals surface area (Å²) in [4.78, 5) is 35.0. The van der Waals surface area contributed by atoms with Crippen LogP contribution < -0.4 is 5.56 Å². The molecule has 0 unspecified atom stereocenters. The van der Waals surface area contributed by atoms with Crippen LogP contribution in [0.5, 0.6) is 0 Å². The molecular weight excluding hydrogens is 437 g/mol. The molecule has 0 spiro atoms. The summed E-state index contributed by atoms with van der Waals surface area (Å²) in [6, 6.07) is 11.2. The van der Waals surface area contributed by atoms with Crippen molar-refractivity contribution in [3.63, 3.8) is 0 Å². The molecule has 4 heterocycles. The molecule has 3 aromatic heterocycles. The highest BCUT2D eigenvalue weighted by molar-refractivity contribution is 7.19. The summed E-state index contributed by atoms with van der Waals surface area (Å²) < 4.78 is 14.5. The van der Waals surface area contributed by atoms with Gasteiger partial charge in [-0.1, -0.05) is 17.4 Å². The molecule has 1 saturated heterocycles. The predicted molar refractivity (Wildman–Crippen MR) is 118 cm³/mol. The van der Waals surface area contributed by atoms with Crippen LogP contribution in [0.1, 0.15) is 15.4 Å². The van der Waals surface area contributed by atoms with E-state index in [-0.39, 0.29) is 17.3 Å². The van der Waals surface area contributed by atoms with E-state index < -0.39 is 0 Å². The number of hydrogen-bond acceptors (Lipinski definition) is 7. The first kappa shape index (κ1) is 20.0. The zero-order valence-corrected chi connectivity index (χ0v) is 18.0. The second kappa shape index (κ2) is 8.29. The van der Waals surface area contributed by atoms with Gasteiger partial charge in [0.05, 0.1) is 10.6 Å². The Morgan fingerprint density at radius 3 is 2.58 bits per heavy atom. The van der Waals surface area contributed by atoms with Gasteiger partial charge in [0.15, 0.2) is 0 Å². The number of fused-ring (bicyclic) bond motifs is 1. The van der Waals surface area contributed by atoms with Crippen molar-refractivity contribution in [2.75, 3.05) is 26.2 Å². The fourth-order valence-corrected chi connectivity index (χ4v) is 5.16. The maximum absolute atomic E-state index is 13.2. The number of nitrogens with zero attached hydrogens (tertiary/aromatic N) is 5. The van der Waals surface area contributed by atoms with E-state index in [0.717, 1.165) is 23.5 Å². The number of hydrogen-bond donors (Lipinski definition) is 0. The molecule has 158 valence electrons. The van der Waals surface area contributed by atoms with Gasteiger partial charge in [-0.25, -0.2) is 9.37 Å². The molecule has 10 heteroatoms. The Labute approximate surface area is 185 Å². The molecule has 0 aliphatic carbocycles. The number of carbonyl (C=O) groups is 1. The Morgan fingerprint density at radius 1 is 1.10 bits per heavy atom. The van der Waals surface area contributed by atoms with Crippen molar-refractivity contribution in [2.24, 2.45) is 0 Å². The molecule has 4 aromatic rings. The molecule has 0 radical (unpaired) electrons. The summed E-state index contributed by atoms with van der Waals surface area (Å²) in [6.45, 7) is 3.28. The second-order valence-corrected chi connectivity index (χ2v) is 9.14. The van der Waals surface area contributed by atoms with Gasteiger partial charge in [0.2, 0.25) is 4.96 Å². The summed E-state index contributed by atoms with van der Waals surface area (Å²) in [5, 5.41) is 6.86. The summed E-state index contributed by atoms with van der Waals surface area (Å²) in [6.07, 6.45) is 0. The van der Waals surface area contributed by atoms with Crippen molar-refractivity contribution in [3.8, 4) is 10.6 Å². The molecular formula is C21H18FN5O2S2. The van der Waals surface area contributed by atoms with Crippen LogP contribution in [-0.4, -0.2) is 56.5 Å². The number of thiophene rings is 1. The normalized spacial score (nSPS) is 14.9. The third-order valence-corrected chi connectivity index (χ3v) is 6.98. The van der Waals surface area contributed by atoms with Gasteiger partial charge in [0.1, 0.15) is 10.8 Å². The van der Waals surface area contributed by atoms with Gasteiger partial charge in [-0.2, -0.15) is 9.61 Å². The minimum atomic E-state index is -0.320. The van der Waals surface area contributed by atoms with E-state index in [2.05, 4.69) is 15.0 Å². The third kappa shape index (κ3) is 4.14. The van der Waals surface area contributed by atoms with Crippen LogP contribution in [0.25, 0.3) is 15.5 Å². The molecule has 1 amide bonds. The zero-order valence-electron chi connectivity index (χ0n) is 16.4. The van der Waals surface area contributed by atoms with Gasteiger partial charge < -0.3 is 4.90 Å². The summed E-state index contributed by atoms with van der Waals surface area (Å²) in [5.41, 5.74) is 1.18. The number of piperazine rings is 1. The SMILES string of the molecule is O=C(c1cccs1)N1CCN(Cc2cc(=O)n3nc(-c4ccc(F)cc4)sc3n2)CC1. The quantitative estimate of drug-likeness (QED) is 0.473. The highest BCUT2D eigenvalue weighted by Gasteiger charge is 2.23. The van der Waals surface area contributed by atoms with E-state index in [0.29, 0.717) is 35.3 Å². The van der Waals surface area contributed by atoms with Gasteiger partial charge in [-0.05, 0) is 35.7 Å². The van der Waals surface area contributed by atoms with Gasteiger partial charge >= 0.3 is 0 Å². The largest absolute Gasteiger partial charge is 0.335 e. The van der Waals surface area contributed by atoms with Crippen molar-refractivity contribution in [1.82, 2.24) is 24.4 Å². The predicted octanol–water partition coefficient (Wildman–Crippen LogP) is 2.98. The van der Waals surface area contributed by atoms with E-state index in [1.807, 2.05) is 22.4 Å². The van der Waals surface area contributed by atoms with E-state index in [1.54, 1.807) is 12.1 Å². The topological polar surface area (TPSA) is 70.8 Å². The molecule has 0 N–H and O–H groups in total. The van der Waals surface area contributed by atoms with Crippen LogP contribution in [0.15, 0.2) is 52.6 Å². The Balaban J connectivity index is 1.29. The van der Waals surface area contributed by atoms with E-state index in [9.17, 15) is 14.0 Å². The Bertz CT molecular complexity index is 1280. The highest BCUT2D eigenvalue weighted by Crippen LogP contribution is 2.24.